The average molecular weight is 280 g/mol. The Balaban J connectivity index is 3.02. The van der Waals surface area contributed by atoms with Crippen molar-refractivity contribution in [2.24, 2.45) is 11.1 Å². The predicted octanol–water partition coefficient (Wildman–Crippen LogP) is 2.41. The highest BCUT2D eigenvalue weighted by atomic mass is 16.5. The summed E-state index contributed by atoms with van der Waals surface area (Å²) in [4.78, 5) is 12.4. The number of ether oxygens (including phenoxy) is 2. The van der Waals surface area contributed by atoms with Crippen LogP contribution in [0.2, 0.25) is 0 Å². The van der Waals surface area contributed by atoms with Crippen LogP contribution in [0.15, 0.2) is 18.2 Å². The van der Waals surface area contributed by atoms with Crippen LogP contribution in [0.1, 0.15) is 27.7 Å². The number of nitrogens with two attached hydrogens (primary N) is 1. The highest BCUT2D eigenvalue weighted by Crippen LogP contribution is 2.31. The second-order valence-corrected chi connectivity index (χ2v) is 5.90. The van der Waals surface area contributed by atoms with Crippen LogP contribution in [0, 0.1) is 5.41 Å². The molecule has 0 aliphatic rings. The van der Waals surface area contributed by atoms with Crippen LogP contribution in [0.3, 0.4) is 0 Å². The van der Waals surface area contributed by atoms with Gasteiger partial charge in [0.15, 0.2) is 0 Å². The second kappa shape index (κ2) is 5.71. The lowest BCUT2D eigenvalue weighted by Crippen LogP contribution is -2.53. The standard InChI is InChI=1S/C15H24N2O3/c1-14(2,15(3,4)16)13(18)17-10-7-11(19-5)9-12(8-10)20-6/h7-9H,16H2,1-6H3,(H,17,18). The molecule has 5 nitrogen and oxygen atoms in total. The summed E-state index contributed by atoms with van der Waals surface area (Å²) in [6, 6.07) is 5.22. The molecule has 1 amide bonds. The first-order chi connectivity index (χ1) is 9.11. The van der Waals surface area contributed by atoms with E-state index in [9.17, 15) is 4.79 Å². The zero-order valence-electron chi connectivity index (χ0n) is 13.0. The van der Waals surface area contributed by atoms with E-state index in [0.29, 0.717) is 17.2 Å². The molecule has 0 aromatic heterocycles. The molecule has 0 aliphatic heterocycles. The van der Waals surface area contributed by atoms with E-state index in [1.54, 1.807) is 32.4 Å². The number of anilines is 1. The highest BCUT2D eigenvalue weighted by molar-refractivity contribution is 5.96. The lowest BCUT2D eigenvalue weighted by molar-refractivity contribution is -0.126. The van der Waals surface area contributed by atoms with Crippen molar-refractivity contribution >= 4 is 11.6 Å². The summed E-state index contributed by atoms with van der Waals surface area (Å²) in [5, 5.41) is 2.86. The van der Waals surface area contributed by atoms with Crippen molar-refractivity contribution in [3.63, 3.8) is 0 Å². The predicted molar refractivity (Wildman–Crippen MR) is 80.2 cm³/mol. The third-order valence-corrected chi connectivity index (χ3v) is 3.79. The molecule has 0 atom stereocenters. The molecule has 5 heteroatoms. The molecular formula is C15H24N2O3. The molecule has 0 radical (unpaired) electrons. The Bertz CT molecular complexity index is 468. The van der Waals surface area contributed by atoms with Gasteiger partial charge in [0.2, 0.25) is 5.91 Å². The van der Waals surface area contributed by atoms with Gasteiger partial charge in [-0.05, 0) is 27.7 Å². The van der Waals surface area contributed by atoms with E-state index in [4.69, 9.17) is 15.2 Å². The number of nitrogens with one attached hydrogen (secondary N) is 1. The second-order valence-electron chi connectivity index (χ2n) is 5.90. The lowest BCUT2D eigenvalue weighted by Gasteiger charge is -2.36. The Labute approximate surface area is 120 Å². The van der Waals surface area contributed by atoms with Crippen LogP contribution < -0.4 is 20.5 Å². The van der Waals surface area contributed by atoms with Crippen molar-refractivity contribution in [1.29, 1.82) is 0 Å². The fourth-order valence-corrected chi connectivity index (χ4v) is 1.46. The maximum atomic E-state index is 12.4. The molecule has 1 rings (SSSR count). The van der Waals surface area contributed by atoms with E-state index in [1.165, 1.54) is 0 Å². The van der Waals surface area contributed by atoms with E-state index in [-0.39, 0.29) is 5.91 Å². The Hall–Kier alpha value is -1.75. The monoisotopic (exact) mass is 280 g/mol. The van der Waals surface area contributed by atoms with Crippen molar-refractivity contribution in [2.75, 3.05) is 19.5 Å². The van der Waals surface area contributed by atoms with Gasteiger partial charge in [-0.15, -0.1) is 0 Å². The molecule has 0 unspecified atom stereocenters. The van der Waals surface area contributed by atoms with Gasteiger partial charge in [-0.2, -0.15) is 0 Å². The third-order valence-electron chi connectivity index (χ3n) is 3.79. The fourth-order valence-electron chi connectivity index (χ4n) is 1.46. The van der Waals surface area contributed by atoms with Crippen LogP contribution >= 0.6 is 0 Å². The van der Waals surface area contributed by atoms with Gasteiger partial charge in [0.25, 0.3) is 0 Å². The van der Waals surface area contributed by atoms with Gasteiger partial charge in [0.05, 0.1) is 19.6 Å². The number of hydrogen-bond donors (Lipinski definition) is 2. The van der Waals surface area contributed by atoms with E-state index in [2.05, 4.69) is 5.32 Å². The summed E-state index contributed by atoms with van der Waals surface area (Å²) in [6.45, 7) is 7.30. The van der Waals surface area contributed by atoms with Crippen LogP contribution in [0.5, 0.6) is 11.5 Å². The molecule has 0 saturated carbocycles. The maximum absolute atomic E-state index is 12.4. The molecule has 0 heterocycles. The smallest absolute Gasteiger partial charge is 0.231 e. The Morgan fingerprint density at radius 2 is 1.50 bits per heavy atom. The highest BCUT2D eigenvalue weighted by Gasteiger charge is 2.40. The number of methoxy groups -OCH3 is 2. The van der Waals surface area contributed by atoms with E-state index >= 15 is 0 Å². The molecule has 112 valence electrons. The molecule has 1 aromatic rings. The molecule has 1 aromatic carbocycles. The summed E-state index contributed by atoms with van der Waals surface area (Å²) in [6.07, 6.45) is 0. The summed E-state index contributed by atoms with van der Waals surface area (Å²) in [5.74, 6) is 1.08. The SMILES string of the molecule is COc1cc(NC(=O)C(C)(C)C(C)(C)N)cc(OC)c1. The topological polar surface area (TPSA) is 73.6 Å². The number of benzene rings is 1. The normalized spacial score (nSPS) is 11.9. The van der Waals surface area contributed by atoms with Crippen LogP contribution in [-0.4, -0.2) is 25.7 Å². The molecular weight excluding hydrogens is 256 g/mol. The molecule has 0 spiro atoms. The summed E-state index contributed by atoms with van der Waals surface area (Å²) >= 11 is 0. The number of carbonyl (C=O) groups excluding carboxylic acids is 1. The Morgan fingerprint density at radius 3 is 1.85 bits per heavy atom. The zero-order chi connectivity index (χ0) is 15.6. The van der Waals surface area contributed by atoms with Gasteiger partial charge < -0.3 is 20.5 Å². The minimum Gasteiger partial charge on any atom is -0.497 e. The van der Waals surface area contributed by atoms with Gasteiger partial charge in [-0.3, -0.25) is 4.79 Å². The first-order valence-corrected chi connectivity index (χ1v) is 6.45. The first kappa shape index (κ1) is 16.3. The molecule has 20 heavy (non-hydrogen) atoms. The number of rotatable bonds is 5. The average Bonchev–Trinajstić information content (AvgIpc) is 2.36. The lowest BCUT2D eigenvalue weighted by atomic mass is 9.74. The largest absolute Gasteiger partial charge is 0.497 e. The molecule has 0 saturated heterocycles. The van der Waals surface area contributed by atoms with Crippen LogP contribution in [0.4, 0.5) is 5.69 Å². The van der Waals surface area contributed by atoms with Gasteiger partial charge >= 0.3 is 0 Å². The number of hydrogen-bond acceptors (Lipinski definition) is 4. The molecule has 0 fully saturated rings. The van der Waals surface area contributed by atoms with E-state index < -0.39 is 11.0 Å². The van der Waals surface area contributed by atoms with Crippen LogP contribution in [0.25, 0.3) is 0 Å². The number of carbonyl (C=O) groups is 1. The minimum atomic E-state index is -0.719. The number of amides is 1. The third kappa shape index (κ3) is 3.42. The van der Waals surface area contributed by atoms with E-state index in [0.717, 1.165) is 0 Å². The first-order valence-electron chi connectivity index (χ1n) is 6.45. The van der Waals surface area contributed by atoms with Gasteiger partial charge in [0, 0.05) is 29.4 Å². The zero-order valence-corrected chi connectivity index (χ0v) is 13.0. The molecule has 3 N–H and O–H groups in total. The summed E-state index contributed by atoms with van der Waals surface area (Å²) in [5.41, 5.74) is 5.33. The maximum Gasteiger partial charge on any atom is 0.231 e. The van der Waals surface area contributed by atoms with Crippen molar-refractivity contribution in [3.8, 4) is 11.5 Å². The van der Waals surface area contributed by atoms with Crippen molar-refractivity contribution < 1.29 is 14.3 Å². The van der Waals surface area contributed by atoms with Gasteiger partial charge in [-0.25, -0.2) is 0 Å². The van der Waals surface area contributed by atoms with E-state index in [1.807, 2.05) is 27.7 Å². The van der Waals surface area contributed by atoms with Crippen LogP contribution in [-0.2, 0) is 4.79 Å². The minimum absolute atomic E-state index is 0.152. The molecule has 0 bridgehead atoms. The summed E-state index contributed by atoms with van der Waals surface area (Å²) in [7, 11) is 3.13. The quantitative estimate of drug-likeness (QED) is 0.868. The molecule has 0 aliphatic carbocycles. The van der Waals surface area contributed by atoms with Crippen molar-refractivity contribution in [3.05, 3.63) is 18.2 Å². The van der Waals surface area contributed by atoms with Crippen molar-refractivity contribution in [1.82, 2.24) is 0 Å². The summed E-state index contributed by atoms with van der Waals surface area (Å²) < 4.78 is 10.4. The van der Waals surface area contributed by atoms with Gasteiger partial charge in [-0.1, -0.05) is 0 Å². The Kier molecular flexibility index (Phi) is 4.65. The van der Waals surface area contributed by atoms with Crippen molar-refractivity contribution in [2.45, 2.75) is 33.2 Å². The van der Waals surface area contributed by atoms with Gasteiger partial charge in [0.1, 0.15) is 11.5 Å². The fraction of sp³-hybridized carbons (Fsp3) is 0.533. The Morgan fingerprint density at radius 1 is 1.05 bits per heavy atom.